The van der Waals surface area contributed by atoms with Crippen molar-refractivity contribution in [3.05, 3.63) is 52.8 Å². The molecule has 7 heteroatoms. The third kappa shape index (κ3) is 4.09. The monoisotopic (exact) mass is 418 g/mol. The molecule has 1 saturated heterocycles. The predicted molar refractivity (Wildman–Crippen MR) is 120 cm³/mol. The molecule has 0 saturated carbocycles. The molecule has 2 N–H and O–H groups in total. The molecule has 28 heavy (non-hydrogen) atoms. The van der Waals surface area contributed by atoms with Crippen LogP contribution in [0.2, 0.25) is 5.02 Å². The maximum absolute atomic E-state index is 11.7. The largest absolute Gasteiger partial charge is 0.355 e. The van der Waals surface area contributed by atoms with E-state index in [1.807, 2.05) is 45.2 Å². The fourth-order valence-electron chi connectivity index (χ4n) is 3.40. The molecule has 4 rings (SSSR count). The summed E-state index contributed by atoms with van der Waals surface area (Å²) in [6.07, 6.45) is 3.95. The van der Waals surface area contributed by atoms with Gasteiger partial charge in [0.25, 0.3) is 0 Å². The van der Waals surface area contributed by atoms with Gasteiger partial charge in [-0.15, -0.1) is 0 Å². The number of pyridine rings is 1. The average Bonchev–Trinajstić information content (AvgIpc) is 3.12. The predicted octanol–water partition coefficient (Wildman–Crippen LogP) is 4.02. The first kappa shape index (κ1) is 20.8. The van der Waals surface area contributed by atoms with Crippen molar-refractivity contribution in [2.75, 3.05) is 29.5 Å². The molecule has 1 fully saturated rings. The molecule has 0 spiro atoms. The first-order chi connectivity index (χ1) is 13.6. The molecule has 1 aromatic carbocycles. The van der Waals surface area contributed by atoms with Crippen LogP contribution in [-0.2, 0) is 17.3 Å². The minimum atomic E-state index is -0.706. The van der Waals surface area contributed by atoms with Crippen molar-refractivity contribution in [1.29, 1.82) is 0 Å². The first-order valence-corrected chi connectivity index (χ1v) is 11.5. The summed E-state index contributed by atoms with van der Waals surface area (Å²) < 4.78 is 13.7. The number of fused-ring (bicyclic) bond motifs is 1. The third-order valence-electron chi connectivity index (χ3n) is 4.85. The van der Waals surface area contributed by atoms with Crippen molar-refractivity contribution >= 4 is 33.9 Å². The zero-order valence-corrected chi connectivity index (χ0v) is 18.2. The van der Waals surface area contributed by atoms with Crippen LogP contribution in [0, 0.1) is 6.92 Å². The lowest BCUT2D eigenvalue weighted by Crippen LogP contribution is -2.38. The number of aromatic nitrogens is 2. The number of benzene rings is 1. The minimum absolute atomic E-state index is 0.418. The van der Waals surface area contributed by atoms with E-state index in [4.69, 9.17) is 17.3 Å². The van der Waals surface area contributed by atoms with E-state index in [-0.39, 0.29) is 0 Å². The summed E-state index contributed by atoms with van der Waals surface area (Å²) >= 11 is 6.51. The topological polar surface area (TPSA) is 63.6 Å². The van der Waals surface area contributed by atoms with Gasteiger partial charge in [-0.2, -0.15) is 0 Å². The molecule has 3 heterocycles. The Morgan fingerprint density at radius 1 is 1.18 bits per heavy atom. The highest BCUT2D eigenvalue weighted by Crippen LogP contribution is 2.33. The van der Waals surface area contributed by atoms with Crippen molar-refractivity contribution in [2.24, 2.45) is 5.73 Å². The van der Waals surface area contributed by atoms with Crippen LogP contribution < -0.4 is 10.6 Å². The minimum Gasteiger partial charge on any atom is -0.355 e. The smallest absolute Gasteiger partial charge is 0.138 e. The van der Waals surface area contributed by atoms with Gasteiger partial charge in [-0.05, 0) is 30.2 Å². The van der Waals surface area contributed by atoms with Crippen molar-refractivity contribution < 1.29 is 4.21 Å². The molecule has 2 aromatic heterocycles. The molecule has 0 amide bonds. The number of rotatable bonds is 3. The molecule has 0 unspecified atom stereocenters. The summed E-state index contributed by atoms with van der Waals surface area (Å²) in [7, 11) is -0.706. The fourth-order valence-corrected chi connectivity index (χ4v) is 4.79. The van der Waals surface area contributed by atoms with E-state index < -0.39 is 10.8 Å². The highest BCUT2D eigenvalue weighted by atomic mass is 35.5. The Morgan fingerprint density at radius 3 is 2.54 bits per heavy atom. The second-order valence-corrected chi connectivity index (χ2v) is 8.68. The Kier molecular flexibility index (Phi) is 6.75. The Labute approximate surface area is 174 Å². The number of imidazole rings is 1. The van der Waals surface area contributed by atoms with Crippen molar-refractivity contribution in [2.45, 2.75) is 27.3 Å². The quantitative estimate of drug-likeness (QED) is 0.697. The normalized spacial score (nSPS) is 14.8. The van der Waals surface area contributed by atoms with E-state index in [1.54, 1.807) is 0 Å². The second-order valence-electron chi connectivity index (χ2n) is 6.58. The Morgan fingerprint density at radius 2 is 1.89 bits per heavy atom. The van der Waals surface area contributed by atoms with Gasteiger partial charge >= 0.3 is 0 Å². The number of aryl methyl sites for hydroxylation is 1. The highest BCUT2D eigenvalue weighted by molar-refractivity contribution is 7.85. The zero-order chi connectivity index (χ0) is 20.3. The first-order valence-electron chi connectivity index (χ1n) is 9.63. The molecule has 1 aliphatic rings. The third-order valence-corrected chi connectivity index (χ3v) is 6.44. The van der Waals surface area contributed by atoms with Gasteiger partial charge in [-0.3, -0.25) is 8.61 Å². The summed E-state index contributed by atoms with van der Waals surface area (Å²) in [6, 6.07) is 8.09. The van der Waals surface area contributed by atoms with E-state index in [2.05, 4.69) is 26.5 Å². The molecule has 150 valence electrons. The van der Waals surface area contributed by atoms with Gasteiger partial charge in [0.2, 0.25) is 0 Å². The van der Waals surface area contributed by atoms with Crippen molar-refractivity contribution in [3.8, 4) is 11.1 Å². The van der Waals surface area contributed by atoms with E-state index in [9.17, 15) is 4.21 Å². The summed E-state index contributed by atoms with van der Waals surface area (Å²) in [4.78, 5) is 6.79. The van der Waals surface area contributed by atoms with Gasteiger partial charge in [-0.25, -0.2) is 4.98 Å². The molecular weight excluding hydrogens is 392 g/mol. The standard InChI is InChI=1S/C19H21ClN4OS.C2H6/c1-13-2-3-15(17(20)8-13)16-12-24-18(9-14(16)10-21)22-11-19(24)23-4-6-26(25)7-5-23;1-2/h2-3,8-9,11-12H,4-7,10,21H2,1H3;1-2H3. The number of halogens is 1. The number of nitrogens with two attached hydrogens (primary N) is 1. The van der Waals surface area contributed by atoms with Crippen molar-refractivity contribution in [1.82, 2.24) is 9.38 Å². The van der Waals surface area contributed by atoms with E-state index >= 15 is 0 Å². The Bertz CT molecular complexity index is 991. The van der Waals surface area contributed by atoms with Crippen LogP contribution in [0.15, 0.2) is 36.7 Å². The lowest BCUT2D eigenvalue weighted by atomic mass is 10.0. The fraction of sp³-hybridized carbons (Fsp3) is 0.381. The number of nitrogens with zero attached hydrogens (tertiary/aromatic N) is 3. The lowest BCUT2D eigenvalue weighted by Gasteiger charge is -2.27. The van der Waals surface area contributed by atoms with Gasteiger partial charge in [0.1, 0.15) is 11.5 Å². The van der Waals surface area contributed by atoms with Crippen LogP contribution in [0.3, 0.4) is 0 Å². The van der Waals surface area contributed by atoms with Gasteiger partial charge < -0.3 is 10.6 Å². The summed E-state index contributed by atoms with van der Waals surface area (Å²) in [5.41, 5.74) is 11.0. The second kappa shape index (κ2) is 9.07. The molecule has 5 nitrogen and oxygen atoms in total. The van der Waals surface area contributed by atoms with Crippen LogP contribution in [0.5, 0.6) is 0 Å². The van der Waals surface area contributed by atoms with Crippen LogP contribution >= 0.6 is 11.6 Å². The molecular formula is C21H27ClN4OS. The van der Waals surface area contributed by atoms with Crippen LogP contribution in [0.25, 0.3) is 16.8 Å². The van der Waals surface area contributed by atoms with Crippen LogP contribution in [0.4, 0.5) is 5.82 Å². The molecule has 0 aliphatic carbocycles. The van der Waals surface area contributed by atoms with E-state index in [0.717, 1.165) is 46.8 Å². The maximum Gasteiger partial charge on any atom is 0.138 e. The maximum atomic E-state index is 11.7. The number of hydrogen-bond acceptors (Lipinski definition) is 4. The molecule has 0 radical (unpaired) electrons. The van der Waals surface area contributed by atoms with Gasteiger partial charge in [0.15, 0.2) is 0 Å². The van der Waals surface area contributed by atoms with Crippen LogP contribution in [0.1, 0.15) is 25.0 Å². The lowest BCUT2D eigenvalue weighted by molar-refractivity contribution is 0.672. The Hall–Kier alpha value is -1.89. The SMILES string of the molecule is CC.Cc1ccc(-c2cn3c(N4CCS(=O)CC4)cnc3cc2CN)c(Cl)c1. The summed E-state index contributed by atoms with van der Waals surface area (Å²) in [5, 5.41) is 0.717. The molecule has 0 bridgehead atoms. The van der Waals surface area contributed by atoms with Gasteiger partial charge in [0, 0.05) is 64.3 Å². The number of anilines is 1. The summed E-state index contributed by atoms with van der Waals surface area (Å²) in [5.74, 6) is 2.42. The number of hydrogen-bond donors (Lipinski definition) is 1. The van der Waals surface area contributed by atoms with Crippen molar-refractivity contribution in [3.63, 3.8) is 0 Å². The van der Waals surface area contributed by atoms with E-state index in [1.165, 1.54) is 0 Å². The molecule has 0 atom stereocenters. The highest BCUT2D eigenvalue weighted by Gasteiger charge is 2.20. The van der Waals surface area contributed by atoms with Gasteiger partial charge in [0.05, 0.1) is 6.20 Å². The Balaban J connectivity index is 0.00000109. The zero-order valence-electron chi connectivity index (χ0n) is 16.6. The van der Waals surface area contributed by atoms with Crippen LogP contribution in [-0.4, -0.2) is 38.2 Å². The summed E-state index contributed by atoms with van der Waals surface area (Å²) in [6.45, 7) is 8.00. The average molecular weight is 419 g/mol. The van der Waals surface area contributed by atoms with Gasteiger partial charge in [-0.1, -0.05) is 37.6 Å². The molecule has 3 aromatic rings. The van der Waals surface area contributed by atoms with E-state index in [0.29, 0.717) is 23.1 Å². The molecule has 1 aliphatic heterocycles.